The minimum Gasteiger partial charge on any atom is -0.355 e. The molecule has 1 unspecified atom stereocenters. The Kier molecular flexibility index (Phi) is 6.18. The van der Waals surface area contributed by atoms with Crippen LogP contribution in [-0.2, 0) is 14.8 Å². The first-order chi connectivity index (χ1) is 10.9. The minimum absolute atomic E-state index is 0.175. The van der Waals surface area contributed by atoms with E-state index in [4.69, 9.17) is 0 Å². The molecule has 0 saturated carbocycles. The van der Waals surface area contributed by atoms with Crippen molar-refractivity contribution in [2.75, 3.05) is 13.1 Å². The van der Waals surface area contributed by atoms with Crippen molar-refractivity contribution in [1.82, 2.24) is 9.62 Å². The molecule has 1 heterocycles. The second-order valence-corrected chi connectivity index (χ2v) is 8.30. The van der Waals surface area contributed by atoms with Crippen LogP contribution in [-0.4, -0.2) is 37.8 Å². The van der Waals surface area contributed by atoms with Gasteiger partial charge in [-0.25, -0.2) is 8.42 Å². The quantitative estimate of drug-likeness (QED) is 0.776. The van der Waals surface area contributed by atoms with Crippen LogP contribution in [0.3, 0.4) is 0 Å². The lowest BCUT2D eigenvalue weighted by molar-refractivity contribution is -0.124. The third-order valence-corrected chi connectivity index (χ3v) is 6.04. The fraction of sp³-hybridized carbons (Fsp3) is 0.588. The van der Waals surface area contributed by atoms with Gasteiger partial charge in [0.1, 0.15) is 6.04 Å². The van der Waals surface area contributed by atoms with Gasteiger partial charge in [-0.05, 0) is 43.7 Å². The lowest BCUT2D eigenvalue weighted by Gasteiger charge is -2.23. The summed E-state index contributed by atoms with van der Waals surface area (Å²) >= 11 is 0. The average molecular weight is 338 g/mol. The van der Waals surface area contributed by atoms with Crippen LogP contribution in [0.15, 0.2) is 35.2 Å². The Morgan fingerprint density at radius 2 is 2.00 bits per heavy atom. The van der Waals surface area contributed by atoms with E-state index in [0.29, 0.717) is 25.4 Å². The van der Waals surface area contributed by atoms with Gasteiger partial charge in [-0.1, -0.05) is 32.0 Å². The number of hydrogen-bond acceptors (Lipinski definition) is 3. The van der Waals surface area contributed by atoms with E-state index >= 15 is 0 Å². The molecule has 0 radical (unpaired) electrons. The van der Waals surface area contributed by atoms with Crippen molar-refractivity contribution < 1.29 is 13.2 Å². The highest BCUT2D eigenvalue weighted by Gasteiger charge is 2.39. The van der Waals surface area contributed by atoms with Gasteiger partial charge in [-0.3, -0.25) is 4.79 Å². The van der Waals surface area contributed by atoms with Gasteiger partial charge in [0.15, 0.2) is 0 Å². The molecule has 0 aromatic heterocycles. The molecule has 1 saturated heterocycles. The van der Waals surface area contributed by atoms with Gasteiger partial charge in [0.05, 0.1) is 4.90 Å². The maximum atomic E-state index is 12.7. The fourth-order valence-electron chi connectivity index (χ4n) is 2.86. The monoisotopic (exact) mass is 338 g/mol. The molecule has 23 heavy (non-hydrogen) atoms. The predicted molar refractivity (Wildman–Crippen MR) is 90.4 cm³/mol. The van der Waals surface area contributed by atoms with E-state index in [1.807, 2.05) is 0 Å². The fourth-order valence-corrected chi connectivity index (χ4v) is 4.53. The normalized spacial score (nSPS) is 19.2. The van der Waals surface area contributed by atoms with E-state index in [1.165, 1.54) is 4.31 Å². The number of amides is 1. The molecule has 128 valence electrons. The molecule has 1 atom stereocenters. The summed E-state index contributed by atoms with van der Waals surface area (Å²) in [6.07, 6.45) is 3.27. The molecule has 1 aliphatic rings. The van der Waals surface area contributed by atoms with Gasteiger partial charge < -0.3 is 5.32 Å². The number of sulfonamides is 1. The Labute approximate surface area is 139 Å². The summed E-state index contributed by atoms with van der Waals surface area (Å²) in [6, 6.07) is 7.74. The van der Waals surface area contributed by atoms with E-state index in [0.717, 1.165) is 19.3 Å². The zero-order valence-corrected chi connectivity index (χ0v) is 14.7. The van der Waals surface area contributed by atoms with Crippen LogP contribution in [0.25, 0.3) is 0 Å². The smallest absolute Gasteiger partial charge is 0.243 e. The first-order valence-electron chi connectivity index (χ1n) is 8.27. The van der Waals surface area contributed by atoms with E-state index < -0.39 is 16.1 Å². The van der Waals surface area contributed by atoms with Crippen LogP contribution in [0.2, 0.25) is 0 Å². The SMILES string of the molecule is CC(C)CCCNC(=O)C1CCCN1S(=O)(=O)c1ccccc1. The highest BCUT2D eigenvalue weighted by Crippen LogP contribution is 2.26. The molecule has 5 nitrogen and oxygen atoms in total. The van der Waals surface area contributed by atoms with Crippen molar-refractivity contribution in [2.24, 2.45) is 5.92 Å². The summed E-state index contributed by atoms with van der Waals surface area (Å²) in [6.45, 7) is 5.30. The van der Waals surface area contributed by atoms with Crippen LogP contribution in [0.4, 0.5) is 0 Å². The maximum absolute atomic E-state index is 12.7. The third kappa shape index (κ3) is 4.54. The van der Waals surface area contributed by atoms with Crippen LogP contribution in [0.5, 0.6) is 0 Å². The molecule has 0 aliphatic carbocycles. The number of hydrogen-bond donors (Lipinski definition) is 1. The van der Waals surface area contributed by atoms with Crippen LogP contribution in [0.1, 0.15) is 39.5 Å². The number of nitrogens with zero attached hydrogens (tertiary/aromatic N) is 1. The molecule has 1 aromatic carbocycles. The molecular weight excluding hydrogens is 312 g/mol. The number of carbonyl (C=O) groups excluding carboxylic acids is 1. The lowest BCUT2D eigenvalue weighted by Crippen LogP contribution is -2.46. The molecule has 6 heteroatoms. The van der Waals surface area contributed by atoms with E-state index in [1.54, 1.807) is 30.3 Å². The Morgan fingerprint density at radius 1 is 1.30 bits per heavy atom. The predicted octanol–water partition coefficient (Wildman–Crippen LogP) is 2.39. The molecule has 0 bridgehead atoms. The number of rotatable bonds is 7. The van der Waals surface area contributed by atoms with Crippen molar-refractivity contribution in [3.05, 3.63) is 30.3 Å². The topological polar surface area (TPSA) is 66.5 Å². The number of carbonyl (C=O) groups is 1. The third-order valence-electron chi connectivity index (χ3n) is 4.11. The van der Waals surface area contributed by atoms with E-state index in [-0.39, 0.29) is 10.8 Å². The molecule has 1 aliphatic heterocycles. The molecular formula is C17H26N2O3S. The summed E-state index contributed by atoms with van der Waals surface area (Å²) in [5.41, 5.74) is 0. The maximum Gasteiger partial charge on any atom is 0.243 e. The second kappa shape index (κ2) is 7.93. The average Bonchev–Trinajstić information content (AvgIpc) is 3.02. The van der Waals surface area contributed by atoms with Gasteiger partial charge in [0.2, 0.25) is 15.9 Å². The minimum atomic E-state index is -3.60. The zero-order chi connectivity index (χ0) is 16.9. The van der Waals surface area contributed by atoms with Gasteiger partial charge >= 0.3 is 0 Å². The van der Waals surface area contributed by atoms with Gasteiger partial charge in [-0.15, -0.1) is 0 Å². The van der Waals surface area contributed by atoms with Crippen LogP contribution in [0, 0.1) is 5.92 Å². The lowest BCUT2D eigenvalue weighted by atomic mass is 10.1. The molecule has 1 fully saturated rings. The van der Waals surface area contributed by atoms with E-state index in [9.17, 15) is 13.2 Å². The Balaban J connectivity index is 2.01. The molecule has 0 spiro atoms. The van der Waals surface area contributed by atoms with Crippen molar-refractivity contribution in [1.29, 1.82) is 0 Å². The largest absolute Gasteiger partial charge is 0.355 e. The van der Waals surface area contributed by atoms with Gasteiger partial charge in [0.25, 0.3) is 0 Å². The highest BCUT2D eigenvalue weighted by molar-refractivity contribution is 7.89. The van der Waals surface area contributed by atoms with E-state index in [2.05, 4.69) is 19.2 Å². The molecule has 1 amide bonds. The highest BCUT2D eigenvalue weighted by atomic mass is 32.2. The Hall–Kier alpha value is -1.40. The Bertz CT molecular complexity index is 614. The summed E-state index contributed by atoms with van der Waals surface area (Å²) in [5.74, 6) is 0.430. The second-order valence-electron chi connectivity index (χ2n) is 6.41. The summed E-state index contributed by atoms with van der Waals surface area (Å²) in [4.78, 5) is 12.6. The number of nitrogens with one attached hydrogen (secondary N) is 1. The molecule has 1 aromatic rings. The van der Waals surface area contributed by atoms with Crippen molar-refractivity contribution in [2.45, 2.75) is 50.5 Å². The Morgan fingerprint density at radius 3 is 2.65 bits per heavy atom. The molecule has 2 rings (SSSR count). The molecule has 1 N–H and O–H groups in total. The summed E-state index contributed by atoms with van der Waals surface area (Å²) in [5, 5.41) is 2.89. The van der Waals surface area contributed by atoms with Crippen LogP contribution < -0.4 is 5.32 Å². The van der Waals surface area contributed by atoms with Gasteiger partial charge in [0, 0.05) is 13.1 Å². The first kappa shape index (κ1) is 17.9. The first-order valence-corrected chi connectivity index (χ1v) is 9.71. The standard InChI is InChI=1S/C17H26N2O3S/c1-14(2)8-6-12-18-17(20)16-11-7-13-19(16)23(21,22)15-9-4-3-5-10-15/h3-5,9-10,14,16H,6-8,11-13H2,1-2H3,(H,18,20). The summed E-state index contributed by atoms with van der Waals surface area (Å²) in [7, 11) is -3.60. The zero-order valence-electron chi connectivity index (χ0n) is 13.9. The number of benzene rings is 1. The van der Waals surface area contributed by atoms with Crippen molar-refractivity contribution >= 4 is 15.9 Å². The van der Waals surface area contributed by atoms with Gasteiger partial charge in [-0.2, -0.15) is 4.31 Å². The van der Waals surface area contributed by atoms with Crippen molar-refractivity contribution in [3.8, 4) is 0 Å². The van der Waals surface area contributed by atoms with Crippen LogP contribution >= 0.6 is 0 Å². The summed E-state index contributed by atoms with van der Waals surface area (Å²) < 4.78 is 26.8. The van der Waals surface area contributed by atoms with Crippen molar-refractivity contribution in [3.63, 3.8) is 0 Å².